The van der Waals surface area contributed by atoms with E-state index in [1.165, 1.54) is 12.1 Å². The van der Waals surface area contributed by atoms with Gasteiger partial charge in [-0.25, -0.2) is 8.42 Å². The van der Waals surface area contributed by atoms with E-state index in [1.807, 2.05) is 22.6 Å². The van der Waals surface area contributed by atoms with Crippen molar-refractivity contribution in [1.82, 2.24) is 0 Å². The van der Waals surface area contributed by atoms with E-state index in [0.717, 1.165) is 0 Å². The molecular weight excluding hydrogens is 478 g/mol. The third-order valence-corrected chi connectivity index (χ3v) is 5.89. The van der Waals surface area contributed by atoms with Crippen LogP contribution in [0.4, 0.5) is 11.4 Å². The van der Waals surface area contributed by atoms with Crippen LogP contribution in [0.2, 0.25) is 5.02 Å². The minimum absolute atomic E-state index is 0.123. The fourth-order valence-electron chi connectivity index (χ4n) is 1.51. The first kappa shape index (κ1) is 15.9. The third-order valence-electron chi connectivity index (χ3n) is 2.42. The Hall–Kier alpha value is -0.510. The predicted molar refractivity (Wildman–Crippen MR) is 93.5 cm³/mol. The summed E-state index contributed by atoms with van der Waals surface area (Å²) in [4.78, 5) is 0.123. The van der Waals surface area contributed by atoms with Crippen molar-refractivity contribution in [3.05, 3.63) is 49.5 Å². The number of hydrogen-bond donors (Lipinski definition) is 2. The van der Waals surface area contributed by atoms with Crippen LogP contribution >= 0.6 is 50.1 Å². The van der Waals surface area contributed by atoms with Gasteiger partial charge in [0.1, 0.15) is 4.90 Å². The molecule has 0 heterocycles. The van der Waals surface area contributed by atoms with E-state index >= 15 is 0 Å². The Morgan fingerprint density at radius 1 is 1.20 bits per heavy atom. The van der Waals surface area contributed by atoms with Crippen LogP contribution in [-0.4, -0.2) is 8.42 Å². The van der Waals surface area contributed by atoms with Crippen molar-refractivity contribution in [2.75, 3.05) is 10.5 Å². The first-order valence-electron chi connectivity index (χ1n) is 5.32. The molecule has 3 N–H and O–H groups in total. The van der Waals surface area contributed by atoms with Crippen molar-refractivity contribution in [2.24, 2.45) is 0 Å². The molecule has 4 nitrogen and oxygen atoms in total. The molecule has 2 aromatic carbocycles. The fourth-order valence-corrected chi connectivity index (χ4v) is 4.87. The summed E-state index contributed by atoms with van der Waals surface area (Å²) in [5, 5.41) is 0.547. The Balaban J connectivity index is 2.41. The van der Waals surface area contributed by atoms with Gasteiger partial charge in [0.2, 0.25) is 0 Å². The number of hydrogen-bond acceptors (Lipinski definition) is 3. The second-order valence-corrected chi connectivity index (χ2v) is 8.02. The van der Waals surface area contributed by atoms with Crippen LogP contribution in [-0.2, 0) is 10.0 Å². The number of anilines is 2. The van der Waals surface area contributed by atoms with Gasteiger partial charge in [0.15, 0.2) is 0 Å². The lowest BCUT2D eigenvalue weighted by Gasteiger charge is -2.11. The number of halogens is 3. The van der Waals surface area contributed by atoms with Gasteiger partial charge in [-0.15, -0.1) is 0 Å². The summed E-state index contributed by atoms with van der Waals surface area (Å²) >= 11 is 11.1. The molecule has 0 spiro atoms. The Morgan fingerprint density at radius 3 is 2.50 bits per heavy atom. The summed E-state index contributed by atoms with van der Waals surface area (Å²) in [6, 6.07) is 9.45. The van der Waals surface area contributed by atoms with Crippen LogP contribution in [0.25, 0.3) is 0 Å². The molecule has 0 saturated heterocycles. The van der Waals surface area contributed by atoms with Crippen LogP contribution in [0.5, 0.6) is 0 Å². The van der Waals surface area contributed by atoms with Crippen LogP contribution in [0.1, 0.15) is 0 Å². The van der Waals surface area contributed by atoms with E-state index in [4.69, 9.17) is 17.3 Å². The van der Waals surface area contributed by atoms with E-state index in [9.17, 15) is 8.42 Å². The lowest BCUT2D eigenvalue weighted by molar-refractivity contribution is 0.601. The first-order valence-corrected chi connectivity index (χ1v) is 9.06. The van der Waals surface area contributed by atoms with Gasteiger partial charge in [-0.1, -0.05) is 11.6 Å². The molecule has 2 rings (SSSR count). The summed E-state index contributed by atoms with van der Waals surface area (Å²) in [6.45, 7) is 0. The molecule has 20 heavy (non-hydrogen) atoms. The van der Waals surface area contributed by atoms with Gasteiger partial charge in [0, 0.05) is 18.8 Å². The Kier molecular flexibility index (Phi) is 4.83. The zero-order chi connectivity index (χ0) is 14.9. The number of rotatable bonds is 3. The number of benzene rings is 2. The number of nitrogens with two attached hydrogens (primary N) is 1. The Labute approximate surface area is 144 Å². The summed E-state index contributed by atoms with van der Waals surface area (Å²) in [5.41, 5.74) is 6.56. The van der Waals surface area contributed by atoms with E-state index in [0.29, 0.717) is 24.4 Å². The highest BCUT2D eigenvalue weighted by Gasteiger charge is 2.19. The maximum Gasteiger partial charge on any atom is 0.263 e. The van der Waals surface area contributed by atoms with E-state index in [2.05, 4.69) is 20.7 Å². The van der Waals surface area contributed by atoms with E-state index < -0.39 is 10.0 Å². The minimum atomic E-state index is -3.70. The smallest absolute Gasteiger partial charge is 0.263 e. The molecule has 0 atom stereocenters. The van der Waals surface area contributed by atoms with Gasteiger partial charge in [-0.05, 0) is 74.9 Å². The highest BCUT2D eigenvalue weighted by Crippen LogP contribution is 2.28. The van der Waals surface area contributed by atoms with Crippen molar-refractivity contribution in [2.45, 2.75) is 4.90 Å². The van der Waals surface area contributed by atoms with Crippen LogP contribution in [0.15, 0.2) is 45.8 Å². The molecular formula is C12H9BrClIN2O2S. The molecule has 106 valence electrons. The molecule has 0 radical (unpaired) electrons. The first-order chi connectivity index (χ1) is 9.29. The topological polar surface area (TPSA) is 72.2 Å². The second-order valence-electron chi connectivity index (χ2n) is 3.92. The molecule has 2 aromatic rings. The summed E-state index contributed by atoms with van der Waals surface area (Å²) in [6.07, 6.45) is 0. The average molecular weight is 488 g/mol. The Bertz CT molecular complexity index is 768. The van der Waals surface area contributed by atoms with E-state index in [1.54, 1.807) is 24.3 Å². The van der Waals surface area contributed by atoms with Crippen LogP contribution in [0, 0.1) is 3.57 Å². The second kappa shape index (κ2) is 6.08. The number of sulfonamides is 1. The molecule has 0 aliphatic heterocycles. The van der Waals surface area contributed by atoms with Crippen molar-refractivity contribution >= 4 is 71.5 Å². The zero-order valence-corrected chi connectivity index (χ0v) is 15.2. The Morgan fingerprint density at radius 2 is 1.90 bits per heavy atom. The van der Waals surface area contributed by atoms with Crippen molar-refractivity contribution in [3.63, 3.8) is 0 Å². The summed E-state index contributed by atoms with van der Waals surface area (Å²) in [5.74, 6) is 0. The molecule has 0 unspecified atom stereocenters. The van der Waals surface area contributed by atoms with Gasteiger partial charge >= 0.3 is 0 Å². The molecule has 0 aliphatic rings. The fraction of sp³-hybridized carbons (Fsp3) is 0. The largest absolute Gasteiger partial charge is 0.399 e. The molecule has 0 amide bonds. The number of nitrogen functional groups attached to an aromatic ring is 1. The standard InChI is InChI=1S/C12H9BrClIN2O2S/c13-9-6-8(16)2-4-12(9)20(18,19)17-11-3-1-7(14)5-10(11)15/h1-6,17H,16H2. The predicted octanol–water partition coefficient (Wildman–Crippen LogP) is 4.09. The summed E-state index contributed by atoms with van der Waals surface area (Å²) in [7, 11) is -3.70. The van der Waals surface area contributed by atoms with E-state index in [-0.39, 0.29) is 4.90 Å². The lowest BCUT2D eigenvalue weighted by atomic mass is 10.3. The molecule has 8 heteroatoms. The van der Waals surface area contributed by atoms with Crippen molar-refractivity contribution in [3.8, 4) is 0 Å². The van der Waals surface area contributed by atoms with Gasteiger partial charge in [-0.2, -0.15) is 0 Å². The maximum absolute atomic E-state index is 12.4. The van der Waals surface area contributed by atoms with Crippen molar-refractivity contribution in [1.29, 1.82) is 0 Å². The average Bonchev–Trinajstić information content (AvgIpc) is 2.32. The molecule has 0 fully saturated rings. The van der Waals surface area contributed by atoms with Crippen LogP contribution in [0.3, 0.4) is 0 Å². The number of nitrogens with one attached hydrogen (secondary N) is 1. The highest BCUT2D eigenvalue weighted by molar-refractivity contribution is 14.1. The van der Waals surface area contributed by atoms with Crippen LogP contribution < -0.4 is 10.5 Å². The normalized spacial score (nSPS) is 11.3. The highest BCUT2D eigenvalue weighted by atomic mass is 127. The van der Waals surface area contributed by atoms with Gasteiger partial charge in [-0.3, -0.25) is 4.72 Å². The molecule has 0 saturated carbocycles. The monoisotopic (exact) mass is 486 g/mol. The quantitative estimate of drug-likeness (QED) is 0.506. The van der Waals surface area contributed by atoms with Gasteiger partial charge in [0.25, 0.3) is 10.0 Å². The summed E-state index contributed by atoms with van der Waals surface area (Å²) < 4.78 is 28.4. The molecule has 0 aromatic heterocycles. The molecule has 0 bridgehead atoms. The SMILES string of the molecule is Nc1ccc(S(=O)(=O)Nc2ccc(Cl)cc2I)c(Br)c1. The van der Waals surface area contributed by atoms with Gasteiger partial charge in [0.05, 0.1) is 5.69 Å². The zero-order valence-electron chi connectivity index (χ0n) is 9.90. The molecule has 0 aliphatic carbocycles. The van der Waals surface area contributed by atoms with Gasteiger partial charge < -0.3 is 5.73 Å². The lowest BCUT2D eigenvalue weighted by Crippen LogP contribution is -2.14. The van der Waals surface area contributed by atoms with Crippen molar-refractivity contribution < 1.29 is 8.42 Å². The maximum atomic E-state index is 12.4. The minimum Gasteiger partial charge on any atom is -0.399 e. The third kappa shape index (κ3) is 3.57.